The number of carboxylic acids is 1. The number of carbonyl (C=O) groups is 1. The Bertz CT molecular complexity index is 595. The van der Waals surface area contributed by atoms with E-state index in [2.05, 4.69) is 15.9 Å². The molecule has 0 aliphatic heterocycles. The minimum Gasteiger partial charge on any atom is -0.478 e. The van der Waals surface area contributed by atoms with Crippen molar-refractivity contribution in [1.82, 2.24) is 0 Å². The first-order valence-corrected chi connectivity index (χ1v) is 6.49. The van der Waals surface area contributed by atoms with E-state index in [1.807, 2.05) is 0 Å². The highest BCUT2D eigenvalue weighted by atomic mass is 79.9. The number of thiophene rings is 1. The molecule has 0 saturated heterocycles. The maximum Gasteiger partial charge on any atom is 0.335 e. The summed E-state index contributed by atoms with van der Waals surface area (Å²) in [6.45, 7) is 0. The summed E-state index contributed by atoms with van der Waals surface area (Å²) in [5.74, 6) is -4.41. The van der Waals surface area contributed by atoms with Gasteiger partial charge in [0.1, 0.15) is 0 Å². The number of hydrogen-bond acceptors (Lipinski definition) is 2. The molecule has 2 rings (SSSR count). The Balaban J connectivity index is 2.46. The normalized spacial score (nSPS) is 11.5. The molecular weight excluding hydrogens is 326 g/mol. The van der Waals surface area contributed by atoms with Crippen LogP contribution in [-0.4, -0.2) is 11.1 Å². The molecule has 0 atom stereocenters. The van der Waals surface area contributed by atoms with Crippen LogP contribution < -0.4 is 0 Å². The van der Waals surface area contributed by atoms with Crippen molar-refractivity contribution in [1.29, 1.82) is 0 Å². The van der Waals surface area contributed by atoms with Crippen molar-refractivity contribution in [2.24, 2.45) is 0 Å². The molecule has 94 valence electrons. The molecule has 0 aliphatic rings. The van der Waals surface area contributed by atoms with E-state index in [1.54, 1.807) is 0 Å². The Morgan fingerprint density at radius 1 is 1.28 bits per heavy atom. The molecule has 18 heavy (non-hydrogen) atoms. The predicted octanol–water partition coefficient (Wildman–Crippen LogP) is 4.35. The van der Waals surface area contributed by atoms with Gasteiger partial charge in [-0.2, -0.15) is 8.78 Å². The molecule has 0 bridgehead atoms. The van der Waals surface area contributed by atoms with Gasteiger partial charge < -0.3 is 5.11 Å². The monoisotopic (exact) mass is 332 g/mol. The van der Waals surface area contributed by atoms with E-state index in [4.69, 9.17) is 5.11 Å². The van der Waals surface area contributed by atoms with Crippen molar-refractivity contribution in [3.8, 4) is 0 Å². The quantitative estimate of drug-likeness (QED) is 0.907. The number of benzene rings is 1. The van der Waals surface area contributed by atoms with Gasteiger partial charge in [-0.25, -0.2) is 4.79 Å². The fraction of sp³-hybridized carbons (Fsp3) is 0.0833. The molecule has 2 nitrogen and oxygen atoms in total. The van der Waals surface area contributed by atoms with Crippen LogP contribution in [-0.2, 0) is 5.92 Å². The Hall–Kier alpha value is -1.27. The first-order chi connectivity index (χ1) is 8.41. The maximum absolute atomic E-state index is 14.1. The lowest BCUT2D eigenvalue weighted by Crippen LogP contribution is -2.14. The Morgan fingerprint density at radius 3 is 2.56 bits per heavy atom. The van der Waals surface area contributed by atoms with Crippen LogP contribution in [0, 0.1) is 0 Å². The van der Waals surface area contributed by atoms with Crippen molar-refractivity contribution in [2.75, 3.05) is 0 Å². The van der Waals surface area contributed by atoms with Gasteiger partial charge in [0, 0.05) is 5.56 Å². The third-order valence-electron chi connectivity index (χ3n) is 2.35. The van der Waals surface area contributed by atoms with Crippen molar-refractivity contribution < 1.29 is 18.7 Å². The van der Waals surface area contributed by atoms with Crippen LogP contribution >= 0.6 is 27.3 Å². The second kappa shape index (κ2) is 4.78. The van der Waals surface area contributed by atoms with Gasteiger partial charge in [0.25, 0.3) is 0 Å². The lowest BCUT2D eigenvalue weighted by atomic mass is 10.0. The van der Waals surface area contributed by atoms with Crippen LogP contribution in [0.15, 0.2) is 40.2 Å². The molecule has 0 fully saturated rings. The SMILES string of the molecule is O=C(O)c1cccc(C(F)(F)c2ccc(Br)s2)c1. The van der Waals surface area contributed by atoms with Crippen LogP contribution in [0.25, 0.3) is 0 Å². The van der Waals surface area contributed by atoms with E-state index in [0.717, 1.165) is 17.4 Å². The molecule has 1 N–H and O–H groups in total. The Kier molecular flexibility index (Phi) is 3.49. The standard InChI is InChI=1S/C12H7BrF2O2S/c13-10-5-4-9(18-10)12(14,15)8-3-1-2-7(6-8)11(16)17/h1-6H,(H,16,17). The molecule has 0 spiro atoms. The van der Waals surface area contributed by atoms with Gasteiger partial charge in [0.2, 0.25) is 0 Å². The number of aromatic carboxylic acids is 1. The second-order valence-corrected chi connectivity index (χ2v) is 6.03. The molecule has 0 radical (unpaired) electrons. The minimum absolute atomic E-state index is 0.128. The summed E-state index contributed by atoms with van der Waals surface area (Å²) in [6.07, 6.45) is 0. The third-order valence-corrected chi connectivity index (χ3v) is 4.05. The van der Waals surface area contributed by atoms with Crippen LogP contribution in [0.3, 0.4) is 0 Å². The highest BCUT2D eigenvalue weighted by Gasteiger charge is 2.36. The van der Waals surface area contributed by atoms with Crippen LogP contribution in [0.4, 0.5) is 8.78 Å². The zero-order valence-electron chi connectivity index (χ0n) is 8.86. The van der Waals surface area contributed by atoms with Crippen LogP contribution in [0.1, 0.15) is 20.8 Å². The number of hydrogen-bond donors (Lipinski definition) is 1. The maximum atomic E-state index is 14.1. The summed E-state index contributed by atoms with van der Waals surface area (Å²) in [7, 11) is 0. The average Bonchev–Trinajstić information content (AvgIpc) is 2.77. The summed E-state index contributed by atoms with van der Waals surface area (Å²) in [4.78, 5) is 10.6. The molecule has 0 aliphatic carbocycles. The van der Waals surface area contributed by atoms with E-state index in [1.165, 1.54) is 30.3 Å². The highest BCUT2D eigenvalue weighted by molar-refractivity contribution is 9.11. The molecule has 1 aromatic heterocycles. The predicted molar refractivity (Wildman–Crippen MR) is 68.4 cm³/mol. The van der Waals surface area contributed by atoms with E-state index in [9.17, 15) is 13.6 Å². The zero-order chi connectivity index (χ0) is 13.3. The zero-order valence-corrected chi connectivity index (χ0v) is 11.3. The summed E-state index contributed by atoms with van der Waals surface area (Å²) in [6, 6.07) is 7.68. The number of rotatable bonds is 3. The van der Waals surface area contributed by atoms with E-state index in [-0.39, 0.29) is 16.0 Å². The topological polar surface area (TPSA) is 37.3 Å². The third kappa shape index (κ3) is 2.44. The van der Waals surface area contributed by atoms with Crippen LogP contribution in [0.5, 0.6) is 0 Å². The Morgan fingerprint density at radius 2 is 2.00 bits per heavy atom. The van der Waals surface area contributed by atoms with Gasteiger partial charge in [0.05, 0.1) is 14.2 Å². The van der Waals surface area contributed by atoms with Gasteiger partial charge in [-0.1, -0.05) is 12.1 Å². The number of carboxylic acid groups (broad SMARTS) is 1. The van der Waals surface area contributed by atoms with Crippen molar-refractivity contribution in [3.63, 3.8) is 0 Å². The van der Waals surface area contributed by atoms with Gasteiger partial charge in [-0.15, -0.1) is 11.3 Å². The van der Waals surface area contributed by atoms with E-state index in [0.29, 0.717) is 3.79 Å². The first kappa shape index (κ1) is 13.2. The fourth-order valence-electron chi connectivity index (χ4n) is 1.47. The van der Waals surface area contributed by atoms with Crippen molar-refractivity contribution in [3.05, 3.63) is 56.2 Å². The molecule has 0 saturated carbocycles. The second-order valence-electron chi connectivity index (χ2n) is 3.56. The van der Waals surface area contributed by atoms with Crippen molar-refractivity contribution in [2.45, 2.75) is 5.92 Å². The van der Waals surface area contributed by atoms with E-state index < -0.39 is 11.9 Å². The van der Waals surface area contributed by atoms with E-state index >= 15 is 0 Å². The first-order valence-electron chi connectivity index (χ1n) is 4.88. The van der Waals surface area contributed by atoms with Gasteiger partial charge in [-0.3, -0.25) is 0 Å². The molecule has 0 unspecified atom stereocenters. The lowest BCUT2D eigenvalue weighted by molar-refractivity contribution is 0.0468. The summed E-state index contributed by atoms with van der Waals surface area (Å²) < 4.78 is 28.9. The summed E-state index contributed by atoms with van der Waals surface area (Å²) in [5.41, 5.74) is -0.473. The van der Waals surface area contributed by atoms with Gasteiger partial charge in [-0.05, 0) is 40.2 Å². The Labute approximate surface area is 114 Å². The molecule has 1 aromatic carbocycles. The molecule has 1 heterocycles. The van der Waals surface area contributed by atoms with Gasteiger partial charge in [0.15, 0.2) is 0 Å². The lowest BCUT2D eigenvalue weighted by Gasteiger charge is -2.15. The van der Waals surface area contributed by atoms with Crippen LogP contribution in [0.2, 0.25) is 0 Å². The smallest absolute Gasteiger partial charge is 0.335 e. The largest absolute Gasteiger partial charge is 0.478 e. The molecular formula is C12H7BrF2O2S. The number of alkyl halides is 2. The summed E-state index contributed by atoms with van der Waals surface area (Å²) in [5, 5.41) is 8.80. The van der Waals surface area contributed by atoms with Gasteiger partial charge >= 0.3 is 11.9 Å². The summed E-state index contributed by atoms with van der Waals surface area (Å²) >= 11 is 4.05. The number of halogens is 3. The average molecular weight is 333 g/mol. The van der Waals surface area contributed by atoms with Crippen molar-refractivity contribution >= 4 is 33.2 Å². The molecule has 2 aromatic rings. The minimum atomic E-state index is -3.19. The molecule has 6 heteroatoms. The highest BCUT2D eigenvalue weighted by Crippen LogP contribution is 2.40. The molecule has 0 amide bonds. The fourth-order valence-corrected chi connectivity index (χ4v) is 2.86.